The predicted octanol–water partition coefficient (Wildman–Crippen LogP) is 13.6. The second-order valence-electron chi connectivity index (χ2n) is 15.5. The molecule has 0 heterocycles. The van der Waals surface area contributed by atoms with Gasteiger partial charge in [0.15, 0.2) is 0 Å². The van der Waals surface area contributed by atoms with Gasteiger partial charge in [-0.15, -0.1) is 0 Å². The van der Waals surface area contributed by atoms with Gasteiger partial charge in [0.05, 0.1) is 25.2 Å². The summed E-state index contributed by atoms with van der Waals surface area (Å²) in [6.45, 7) is 6.26. The van der Waals surface area contributed by atoms with E-state index in [1.165, 1.54) is 70.6 Å². The van der Waals surface area contributed by atoms with Crippen LogP contribution in [0.5, 0.6) is 0 Å². The number of allylic oxidation sites excluding steroid dienone is 14. The summed E-state index contributed by atoms with van der Waals surface area (Å²) in [5, 5.41) is 23.6. The molecule has 0 bridgehead atoms. The standard InChI is InChI=1S/C51H87NO5/c1-4-7-10-13-16-19-22-23-24-25-26-27-29-32-35-38-41-44-51(56)57-47(42-39-36-33-30-28-20-17-14-11-8-5-2)45-50(55)52-48(46-53)49(54)43-40-37-34-31-21-18-15-12-9-6-3/h8,11,14,16-17,19-20,23-24,26-28,32,35,47-49,53-54H,4-7,9-10,12-13,15,18,21-22,25,29-31,33-34,36-46H2,1-3H3,(H,52,55)/b11-8+,17-14+,19-16-,24-23-,27-26-,28-20-,35-32-. The number of aliphatic hydroxyl groups is 2. The molecule has 0 aliphatic rings. The molecule has 0 rings (SSSR count). The third-order valence-electron chi connectivity index (χ3n) is 10.0. The molecule has 0 saturated carbocycles. The van der Waals surface area contributed by atoms with Crippen molar-refractivity contribution in [3.63, 3.8) is 0 Å². The van der Waals surface area contributed by atoms with Crippen molar-refractivity contribution in [2.24, 2.45) is 0 Å². The number of rotatable bonds is 40. The fourth-order valence-electron chi connectivity index (χ4n) is 6.48. The summed E-state index contributed by atoms with van der Waals surface area (Å²) in [5.41, 5.74) is 0. The van der Waals surface area contributed by atoms with E-state index in [0.717, 1.165) is 77.0 Å². The van der Waals surface area contributed by atoms with Crippen LogP contribution in [0.1, 0.15) is 201 Å². The highest BCUT2D eigenvalue weighted by Crippen LogP contribution is 2.16. The summed E-state index contributed by atoms with van der Waals surface area (Å²) >= 11 is 0. The summed E-state index contributed by atoms with van der Waals surface area (Å²) in [6.07, 6.45) is 56.5. The number of unbranched alkanes of at least 4 members (excludes halogenated alkanes) is 16. The average molecular weight is 794 g/mol. The predicted molar refractivity (Wildman–Crippen MR) is 245 cm³/mol. The van der Waals surface area contributed by atoms with Crippen molar-refractivity contribution < 1.29 is 24.5 Å². The summed E-state index contributed by atoms with van der Waals surface area (Å²) in [6, 6.07) is -0.726. The zero-order chi connectivity index (χ0) is 41.7. The first-order valence-corrected chi connectivity index (χ1v) is 23.3. The topological polar surface area (TPSA) is 95.9 Å². The van der Waals surface area contributed by atoms with E-state index in [2.05, 4.69) is 99.0 Å². The van der Waals surface area contributed by atoms with E-state index >= 15 is 0 Å². The summed E-state index contributed by atoms with van der Waals surface area (Å²) in [5.74, 6) is -0.586. The Morgan fingerprint density at radius 3 is 1.61 bits per heavy atom. The van der Waals surface area contributed by atoms with E-state index in [9.17, 15) is 19.8 Å². The molecule has 0 spiro atoms. The van der Waals surface area contributed by atoms with Gasteiger partial charge in [-0.25, -0.2) is 0 Å². The van der Waals surface area contributed by atoms with Crippen LogP contribution in [-0.2, 0) is 14.3 Å². The number of aliphatic hydroxyl groups excluding tert-OH is 2. The van der Waals surface area contributed by atoms with Crippen molar-refractivity contribution in [2.75, 3.05) is 6.61 Å². The first-order valence-electron chi connectivity index (χ1n) is 23.3. The molecular formula is C51H87NO5. The Kier molecular flexibility index (Phi) is 41.9. The van der Waals surface area contributed by atoms with Crippen molar-refractivity contribution in [1.29, 1.82) is 0 Å². The Labute approximate surface area is 351 Å². The lowest BCUT2D eigenvalue weighted by atomic mass is 10.0. The second-order valence-corrected chi connectivity index (χ2v) is 15.5. The monoisotopic (exact) mass is 794 g/mol. The third-order valence-corrected chi connectivity index (χ3v) is 10.0. The maximum absolute atomic E-state index is 13.1. The highest BCUT2D eigenvalue weighted by Gasteiger charge is 2.24. The maximum atomic E-state index is 13.1. The normalized spacial score (nSPS) is 14.1. The van der Waals surface area contributed by atoms with Gasteiger partial charge in [-0.05, 0) is 83.5 Å². The molecule has 1 amide bonds. The Balaban J connectivity index is 4.72. The first kappa shape index (κ1) is 54.0. The molecule has 3 N–H and O–H groups in total. The minimum absolute atomic E-state index is 0.0281. The van der Waals surface area contributed by atoms with Crippen molar-refractivity contribution in [2.45, 2.75) is 219 Å². The van der Waals surface area contributed by atoms with Gasteiger partial charge in [0.2, 0.25) is 5.91 Å². The molecular weight excluding hydrogens is 707 g/mol. The van der Waals surface area contributed by atoms with Crippen LogP contribution >= 0.6 is 0 Å². The summed E-state index contributed by atoms with van der Waals surface area (Å²) < 4.78 is 5.86. The van der Waals surface area contributed by atoms with Crippen LogP contribution in [0.2, 0.25) is 0 Å². The van der Waals surface area contributed by atoms with Crippen LogP contribution in [-0.4, -0.2) is 46.9 Å². The minimum Gasteiger partial charge on any atom is -0.462 e. The van der Waals surface area contributed by atoms with E-state index in [1.54, 1.807) is 0 Å². The number of esters is 1. The van der Waals surface area contributed by atoms with Crippen LogP contribution < -0.4 is 5.32 Å². The van der Waals surface area contributed by atoms with Gasteiger partial charge in [0.1, 0.15) is 6.10 Å². The van der Waals surface area contributed by atoms with Gasteiger partial charge in [-0.2, -0.15) is 0 Å². The van der Waals surface area contributed by atoms with Crippen LogP contribution in [0.4, 0.5) is 0 Å². The zero-order valence-electron chi connectivity index (χ0n) is 36.9. The van der Waals surface area contributed by atoms with Crippen molar-refractivity contribution in [3.8, 4) is 0 Å². The lowest BCUT2D eigenvalue weighted by Crippen LogP contribution is -2.46. The van der Waals surface area contributed by atoms with E-state index in [0.29, 0.717) is 25.7 Å². The van der Waals surface area contributed by atoms with E-state index < -0.39 is 18.2 Å². The number of carbonyl (C=O) groups is 2. The van der Waals surface area contributed by atoms with Crippen molar-refractivity contribution >= 4 is 11.9 Å². The zero-order valence-corrected chi connectivity index (χ0v) is 36.9. The highest BCUT2D eigenvalue weighted by molar-refractivity contribution is 5.77. The molecule has 0 aliphatic heterocycles. The van der Waals surface area contributed by atoms with E-state index in [-0.39, 0.29) is 24.9 Å². The molecule has 0 aromatic rings. The van der Waals surface area contributed by atoms with Gasteiger partial charge in [0.25, 0.3) is 0 Å². The molecule has 0 fully saturated rings. The maximum Gasteiger partial charge on any atom is 0.306 e. The Bertz CT molecular complexity index is 1120. The highest BCUT2D eigenvalue weighted by atomic mass is 16.5. The smallest absolute Gasteiger partial charge is 0.306 e. The average Bonchev–Trinajstić information content (AvgIpc) is 3.20. The van der Waals surface area contributed by atoms with Crippen LogP contribution in [0, 0.1) is 0 Å². The molecule has 6 heteroatoms. The molecule has 3 unspecified atom stereocenters. The van der Waals surface area contributed by atoms with Gasteiger partial charge < -0.3 is 20.3 Å². The van der Waals surface area contributed by atoms with E-state index in [4.69, 9.17) is 4.74 Å². The molecule has 6 nitrogen and oxygen atoms in total. The summed E-state index contributed by atoms with van der Waals surface area (Å²) in [4.78, 5) is 26.0. The van der Waals surface area contributed by atoms with Crippen LogP contribution in [0.25, 0.3) is 0 Å². The Morgan fingerprint density at radius 2 is 1.02 bits per heavy atom. The van der Waals surface area contributed by atoms with Crippen molar-refractivity contribution in [1.82, 2.24) is 5.32 Å². The lowest BCUT2D eigenvalue weighted by molar-refractivity contribution is -0.151. The molecule has 3 atom stereocenters. The van der Waals surface area contributed by atoms with Crippen molar-refractivity contribution in [3.05, 3.63) is 85.1 Å². The molecule has 0 saturated heterocycles. The second kappa shape index (κ2) is 44.1. The SMILES string of the molecule is CC/C=C/C=C/C=C\CCCCCC(CC(=O)NC(CO)C(O)CCCCCCCCCCCC)OC(=O)CCC/C=C\C/C=C\C/C=C\C/C=C\CCCCC. The number of carbonyl (C=O) groups excluding carboxylic acids is 2. The third kappa shape index (κ3) is 39.6. The fourth-order valence-corrected chi connectivity index (χ4v) is 6.48. The van der Waals surface area contributed by atoms with Crippen LogP contribution in [0.15, 0.2) is 85.1 Å². The molecule has 0 aromatic heterocycles. The number of hydrogen-bond donors (Lipinski definition) is 3. The van der Waals surface area contributed by atoms with Gasteiger partial charge in [0, 0.05) is 6.42 Å². The molecule has 0 aliphatic carbocycles. The first-order chi connectivity index (χ1) is 28.0. The fraction of sp³-hybridized carbons (Fsp3) is 0.686. The van der Waals surface area contributed by atoms with Gasteiger partial charge in [-0.1, -0.05) is 189 Å². The van der Waals surface area contributed by atoms with Crippen LogP contribution in [0.3, 0.4) is 0 Å². The number of nitrogens with one attached hydrogen (secondary N) is 1. The quantitative estimate of drug-likeness (QED) is 0.0248. The van der Waals surface area contributed by atoms with Gasteiger partial charge in [-0.3, -0.25) is 9.59 Å². The number of amides is 1. The molecule has 0 radical (unpaired) electrons. The van der Waals surface area contributed by atoms with Gasteiger partial charge >= 0.3 is 5.97 Å². The lowest BCUT2D eigenvalue weighted by Gasteiger charge is -2.24. The number of ether oxygens (including phenoxy) is 1. The number of hydrogen-bond acceptors (Lipinski definition) is 5. The largest absolute Gasteiger partial charge is 0.462 e. The molecule has 57 heavy (non-hydrogen) atoms. The Hall–Kier alpha value is -2.96. The Morgan fingerprint density at radius 1 is 0.544 bits per heavy atom. The van der Waals surface area contributed by atoms with E-state index in [1.807, 2.05) is 12.2 Å². The molecule has 0 aromatic carbocycles. The summed E-state index contributed by atoms with van der Waals surface area (Å²) in [7, 11) is 0. The minimum atomic E-state index is -0.808. The molecule has 326 valence electrons.